The SMILES string of the molecule is CCCC(=O)C1=C(O)C(=O)N(c2ccc(OC)cc2)CC1. The number of carbonyl (C=O) groups is 2. The van der Waals surface area contributed by atoms with Crippen molar-refractivity contribution < 1.29 is 19.4 Å². The van der Waals surface area contributed by atoms with Crippen LogP contribution in [-0.2, 0) is 9.59 Å². The Labute approximate surface area is 123 Å². The lowest BCUT2D eigenvalue weighted by Crippen LogP contribution is -2.38. The quantitative estimate of drug-likeness (QED) is 0.904. The van der Waals surface area contributed by atoms with E-state index < -0.39 is 11.7 Å². The lowest BCUT2D eigenvalue weighted by atomic mass is 9.98. The van der Waals surface area contributed by atoms with Crippen LogP contribution < -0.4 is 9.64 Å². The van der Waals surface area contributed by atoms with Crippen molar-refractivity contribution in [3.05, 3.63) is 35.6 Å². The van der Waals surface area contributed by atoms with Crippen molar-refractivity contribution in [1.82, 2.24) is 0 Å². The minimum Gasteiger partial charge on any atom is -0.503 e. The molecular weight excluding hydrogens is 270 g/mol. The number of aliphatic hydroxyl groups excluding tert-OH is 1. The predicted molar refractivity (Wildman–Crippen MR) is 79.5 cm³/mol. The van der Waals surface area contributed by atoms with Gasteiger partial charge in [0.25, 0.3) is 5.91 Å². The molecule has 5 nitrogen and oxygen atoms in total. The Kier molecular flexibility index (Phi) is 4.62. The van der Waals surface area contributed by atoms with Gasteiger partial charge in [0.05, 0.1) is 7.11 Å². The molecule has 0 saturated carbocycles. The first-order valence-electron chi connectivity index (χ1n) is 6.99. The fourth-order valence-electron chi connectivity index (χ4n) is 2.36. The van der Waals surface area contributed by atoms with E-state index in [1.807, 2.05) is 6.92 Å². The third-order valence-corrected chi connectivity index (χ3v) is 3.52. The summed E-state index contributed by atoms with van der Waals surface area (Å²) >= 11 is 0. The second kappa shape index (κ2) is 6.43. The number of methoxy groups -OCH3 is 1. The van der Waals surface area contributed by atoms with E-state index in [1.54, 1.807) is 31.4 Å². The maximum Gasteiger partial charge on any atom is 0.293 e. The molecule has 0 aromatic heterocycles. The second-order valence-electron chi connectivity index (χ2n) is 4.91. The Morgan fingerprint density at radius 3 is 2.57 bits per heavy atom. The van der Waals surface area contributed by atoms with Gasteiger partial charge >= 0.3 is 0 Å². The summed E-state index contributed by atoms with van der Waals surface area (Å²) in [5, 5.41) is 10.0. The molecule has 112 valence electrons. The van der Waals surface area contributed by atoms with E-state index in [0.717, 1.165) is 0 Å². The summed E-state index contributed by atoms with van der Waals surface area (Å²) in [7, 11) is 1.57. The Morgan fingerprint density at radius 2 is 2.00 bits per heavy atom. The highest BCUT2D eigenvalue weighted by molar-refractivity contribution is 6.11. The van der Waals surface area contributed by atoms with Crippen LogP contribution in [0.3, 0.4) is 0 Å². The van der Waals surface area contributed by atoms with Crippen molar-refractivity contribution in [3.63, 3.8) is 0 Å². The Balaban J connectivity index is 2.22. The van der Waals surface area contributed by atoms with Crippen molar-refractivity contribution in [2.75, 3.05) is 18.6 Å². The first kappa shape index (κ1) is 15.1. The molecule has 2 rings (SSSR count). The molecule has 0 fully saturated rings. The van der Waals surface area contributed by atoms with Crippen molar-refractivity contribution in [2.45, 2.75) is 26.2 Å². The smallest absolute Gasteiger partial charge is 0.293 e. The number of nitrogens with zero attached hydrogens (tertiary/aromatic N) is 1. The molecular formula is C16H19NO4. The van der Waals surface area contributed by atoms with Crippen LogP contribution in [-0.4, -0.2) is 30.5 Å². The molecule has 0 spiro atoms. The molecule has 0 saturated heterocycles. The average molecular weight is 289 g/mol. The fraction of sp³-hybridized carbons (Fsp3) is 0.375. The average Bonchev–Trinajstić information content (AvgIpc) is 2.50. The lowest BCUT2D eigenvalue weighted by molar-refractivity contribution is -0.120. The zero-order valence-corrected chi connectivity index (χ0v) is 12.3. The lowest BCUT2D eigenvalue weighted by Gasteiger charge is -2.27. The highest BCUT2D eigenvalue weighted by atomic mass is 16.5. The van der Waals surface area contributed by atoms with E-state index in [-0.39, 0.29) is 11.4 Å². The summed E-state index contributed by atoms with van der Waals surface area (Å²) in [6, 6.07) is 7.01. The number of hydrogen-bond acceptors (Lipinski definition) is 4. The van der Waals surface area contributed by atoms with Gasteiger partial charge in [0, 0.05) is 24.2 Å². The summed E-state index contributed by atoms with van der Waals surface area (Å²) in [5.41, 5.74) is 0.931. The van der Waals surface area contributed by atoms with Gasteiger partial charge in [-0.25, -0.2) is 0 Å². The summed E-state index contributed by atoms with van der Waals surface area (Å²) in [5.74, 6) is -0.388. The van der Waals surface area contributed by atoms with Gasteiger partial charge in [0.2, 0.25) is 0 Å². The van der Waals surface area contributed by atoms with Gasteiger partial charge in [-0.15, -0.1) is 0 Å². The molecule has 0 atom stereocenters. The van der Waals surface area contributed by atoms with Crippen LogP contribution >= 0.6 is 0 Å². The van der Waals surface area contributed by atoms with E-state index in [1.165, 1.54) is 4.90 Å². The number of ether oxygens (including phenoxy) is 1. The first-order valence-corrected chi connectivity index (χ1v) is 6.99. The van der Waals surface area contributed by atoms with E-state index in [9.17, 15) is 14.7 Å². The number of rotatable bonds is 5. The fourth-order valence-corrected chi connectivity index (χ4v) is 2.36. The molecule has 1 N–H and O–H groups in total. The van der Waals surface area contributed by atoms with Crippen LogP contribution in [0.1, 0.15) is 26.2 Å². The van der Waals surface area contributed by atoms with Crippen LogP contribution in [0.4, 0.5) is 5.69 Å². The number of amides is 1. The standard InChI is InChI=1S/C16H19NO4/c1-3-4-14(18)13-9-10-17(16(20)15(13)19)11-5-7-12(21-2)8-6-11/h5-8,19H,3-4,9-10H2,1-2H3. The number of hydrogen-bond donors (Lipinski definition) is 1. The van der Waals surface area contributed by atoms with Gasteiger partial charge < -0.3 is 14.7 Å². The summed E-state index contributed by atoms with van der Waals surface area (Å²) in [6.07, 6.45) is 1.43. The molecule has 1 aromatic rings. The van der Waals surface area contributed by atoms with Crippen molar-refractivity contribution >= 4 is 17.4 Å². The number of aliphatic hydroxyl groups is 1. The predicted octanol–water partition coefficient (Wildman–Crippen LogP) is 2.61. The summed E-state index contributed by atoms with van der Waals surface area (Å²) < 4.78 is 5.07. The molecule has 1 aliphatic heterocycles. The second-order valence-corrected chi connectivity index (χ2v) is 4.91. The molecule has 0 unspecified atom stereocenters. The maximum atomic E-state index is 12.2. The Hall–Kier alpha value is -2.30. The topological polar surface area (TPSA) is 66.8 Å². The zero-order chi connectivity index (χ0) is 15.4. The van der Waals surface area contributed by atoms with Gasteiger partial charge in [-0.3, -0.25) is 9.59 Å². The van der Waals surface area contributed by atoms with E-state index in [4.69, 9.17) is 4.74 Å². The van der Waals surface area contributed by atoms with Crippen LogP contribution in [0, 0.1) is 0 Å². The van der Waals surface area contributed by atoms with Crippen molar-refractivity contribution in [3.8, 4) is 5.75 Å². The number of Topliss-reactive ketones (excluding diaryl/α,β-unsaturated/α-hetero) is 1. The molecule has 1 aromatic carbocycles. The summed E-state index contributed by atoms with van der Waals surface area (Å²) in [4.78, 5) is 25.6. The third-order valence-electron chi connectivity index (χ3n) is 3.52. The van der Waals surface area contributed by atoms with E-state index in [0.29, 0.717) is 37.2 Å². The van der Waals surface area contributed by atoms with E-state index >= 15 is 0 Å². The number of carbonyl (C=O) groups excluding carboxylic acids is 2. The van der Waals surface area contributed by atoms with Crippen LogP contribution in [0.25, 0.3) is 0 Å². The maximum absolute atomic E-state index is 12.2. The molecule has 1 aliphatic rings. The highest BCUT2D eigenvalue weighted by Crippen LogP contribution is 2.26. The Bertz CT molecular complexity index is 574. The number of anilines is 1. The summed E-state index contributed by atoms with van der Waals surface area (Å²) in [6.45, 7) is 2.28. The van der Waals surface area contributed by atoms with Crippen LogP contribution in [0.2, 0.25) is 0 Å². The van der Waals surface area contributed by atoms with Gasteiger partial charge in [0.15, 0.2) is 11.5 Å². The molecule has 5 heteroatoms. The normalized spacial score (nSPS) is 15.3. The minimum atomic E-state index is -0.522. The van der Waals surface area contributed by atoms with Crippen LogP contribution in [0.15, 0.2) is 35.6 Å². The zero-order valence-electron chi connectivity index (χ0n) is 12.3. The van der Waals surface area contributed by atoms with Crippen LogP contribution in [0.5, 0.6) is 5.75 Å². The number of benzene rings is 1. The largest absolute Gasteiger partial charge is 0.503 e. The van der Waals surface area contributed by atoms with E-state index in [2.05, 4.69) is 0 Å². The number of ketones is 1. The van der Waals surface area contributed by atoms with Crippen molar-refractivity contribution in [1.29, 1.82) is 0 Å². The van der Waals surface area contributed by atoms with Gasteiger partial charge in [-0.1, -0.05) is 6.92 Å². The molecule has 1 amide bonds. The molecule has 0 bridgehead atoms. The van der Waals surface area contributed by atoms with Gasteiger partial charge in [0.1, 0.15) is 5.75 Å². The molecule has 21 heavy (non-hydrogen) atoms. The van der Waals surface area contributed by atoms with Gasteiger partial charge in [-0.2, -0.15) is 0 Å². The Morgan fingerprint density at radius 1 is 1.33 bits per heavy atom. The minimum absolute atomic E-state index is 0.141. The molecule has 0 aliphatic carbocycles. The van der Waals surface area contributed by atoms with Gasteiger partial charge in [-0.05, 0) is 37.1 Å². The monoisotopic (exact) mass is 289 g/mol. The first-order chi connectivity index (χ1) is 10.1. The highest BCUT2D eigenvalue weighted by Gasteiger charge is 2.30. The van der Waals surface area contributed by atoms with Crippen molar-refractivity contribution in [2.24, 2.45) is 0 Å². The molecule has 1 heterocycles. The molecule has 0 radical (unpaired) electrons. The third kappa shape index (κ3) is 3.07.